The maximum Gasteiger partial charge on any atom is 0.251 e. The number of aromatic nitrogens is 1. The van der Waals surface area contributed by atoms with Crippen LogP contribution < -0.4 is 11.1 Å². The van der Waals surface area contributed by atoms with Crippen molar-refractivity contribution in [1.29, 1.82) is 0 Å². The molecular weight excluding hydrogens is 388 g/mol. The standard InChI is InChI=1S/C23H21F2N3O2/c1-13-4-7-17(8-5-13)28-14(2)10-16(15(28)3)6-9-22(29)27-21-11-18(23(26)30)19(24)12-20(21)25/h4-12H,1-3H3,(H2,26,30)(H,27,29)/b9-6+. The highest BCUT2D eigenvalue weighted by Crippen LogP contribution is 2.23. The van der Waals surface area contributed by atoms with Crippen LogP contribution in [0.4, 0.5) is 14.5 Å². The number of hydrogen-bond donors (Lipinski definition) is 2. The average Bonchev–Trinajstić information content (AvgIpc) is 2.96. The first-order valence-electron chi connectivity index (χ1n) is 9.21. The fraction of sp³-hybridized carbons (Fsp3) is 0.130. The number of carbonyl (C=O) groups is 2. The van der Waals surface area contributed by atoms with E-state index in [1.54, 1.807) is 6.08 Å². The summed E-state index contributed by atoms with van der Waals surface area (Å²) in [6.45, 7) is 5.91. The summed E-state index contributed by atoms with van der Waals surface area (Å²) in [5.41, 5.74) is 9.14. The summed E-state index contributed by atoms with van der Waals surface area (Å²) >= 11 is 0. The number of aryl methyl sites for hydroxylation is 2. The lowest BCUT2D eigenvalue weighted by atomic mass is 10.1. The quantitative estimate of drug-likeness (QED) is 0.612. The highest BCUT2D eigenvalue weighted by molar-refractivity contribution is 6.03. The third kappa shape index (κ3) is 4.30. The topological polar surface area (TPSA) is 77.1 Å². The molecule has 0 saturated carbocycles. The van der Waals surface area contributed by atoms with Crippen molar-refractivity contribution in [3.8, 4) is 5.69 Å². The smallest absolute Gasteiger partial charge is 0.251 e. The van der Waals surface area contributed by atoms with Crippen LogP contribution in [-0.2, 0) is 4.79 Å². The number of hydrogen-bond acceptors (Lipinski definition) is 2. The second-order valence-electron chi connectivity index (χ2n) is 7.00. The Bertz CT molecular complexity index is 1160. The molecule has 0 saturated heterocycles. The van der Waals surface area contributed by atoms with Crippen molar-refractivity contribution in [3.63, 3.8) is 0 Å². The minimum Gasteiger partial charge on any atom is -0.366 e. The molecule has 0 aliphatic rings. The molecule has 1 heterocycles. The Labute approximate surface area is 172 Å². The molecule has 3 N–H and O–H groups in total. The van der Waals surface area contributed by atoms with Gasteiger partial charge in [0.2, 0.25) is 5.91 Å². The van der Waals surface area contributed by atoms with E-state index in [2.05, 4.69) is 9.88 Å². The van der Waals surface area contributed by atoms with Gasteiger partial charge in [0.15, 0.2) is 0 Å². The van der Waals surface area contributed by atoms with E-state index < -0.39 is 29.0 Å². The van der Waals surface area contributed by atoms with E-state index in [4.69, 9.17) is 5.73 Å². The molecule has 0 radical (unpaired) electrons. The van der Waals surface area contributed by atoms with E-state index in [1.165, 1.54) is 6.08 Å². The summed E-state index contributed by atoms with van der Waals surface area (Å²) < 4.78 is 29.5. The van der Waals surface area contributed by atoms with E-state index in [-0.39, 0.29) is 5.69 Å². The monoisotopic (exact) mass is 409 g/mol. The lowest BCUT2D eigenvalue weighted by Gasteiger charge is -2.10. The van der Waals surface area contributed by atoms with Crippen LogP contribution in [0.1, 0.15) is 32.9 Å². The van der Waals surface area contributed by atoms with Gasteiger partial charge >= 0.3 is 0 Å². The molecule has 7 heteroatoms. The highest BCUT2D eigenvalue weighted by atomic mass is 19.1. The third-order valence-corrected chi connectivity index (χ3v) is 4.76. The molecule has 5 nitrogen and oxygen atoms in total. The van der Waals surface area contributed by atoms with Gasteiger partial charge in [0, 0.05) is 29.2 Å². The van der Waals surface area contributed by atoms with Gasteiger partial charge < -0.3 is 15.6 Å². The van der Waals surface area contributed by atoms with Crippen molar-refractivity contribution in [1.82, 2.24) is 4.57 Å². The summed E-state index contributed by atoms with van der Waals surface area (Å²) in [6.07, 6.45) is 2.85. The van der Waals surface area contributed by atoms with E-state index in [9.17, 15) is 18.4 Å². The van der Waals surface area contributed by atoms with Gasteiger partial charge in [-0.2, -0.15) is 0 Å². The van der Waals surface area contributed by atoms with Crippen molar-refractivity contribution >= 4 is 23.6 Å². The zero-order chi connectivity index (χ0) is 22.0. The largest absolute Gasteiger partial charge is 0.366 e. The van der Waals surface area contributed by atoms with Crippen LogP contribution in [-0.4, -0.2) is 16.4 Å². The first-order chi connectivity index (χ1) is 14.2. The lowest BCUT2D eigenvalue weighted by Crippen LogP contribution is -2.16. The molecule has 0 aliphatic carbocycles. The van der Waals surface area contributed by atoms with Gasteiger partial charge in [0.05, 0.1) is 11.3 Å². The van der Waals surface area contributed by atoms with Gasteiger partial charge in [-0.15, -0.1) is 0 Å². The molecule has 0 fully saturated rings. The van der Waals surface area contributed by atoms with Gasteiger partial charge in [-0.1, -0.05) is 17.7 Å². The number of benzene rings is 2. The SMILES string of the molecule is Cc1ccc(-n2c(C)cc(/C=C/C(=O)Nc3cc(C(N)=O)c(F)cc3F)c2C)cc1. The van der Waals surface area contributed by atoms with E-state index in [0.29, 0.717) is 6.07 Å². The Kier molecular flexibility index (Phi) is 5.82. The number of nitrogens with two attached hydrogens (primary N) is 1. The fourth-order valence-electron chi connectivity index (χ4n) is 3.22. The van der Waals surface area contributed by atoms with Crippen molar-refractivity contribution in [2.24, 2.45) is 5.73 Å². The number of anilines is 1. The van der Waals surface area contributed by atoms with E-state index in [1.807, 2.05) is 51.1 Å². The van der Waals surface area contributed by atoms with Crippen molar-refractivity contribution in [2.45, 2.75) is 20.8 Å². The lowest BCUT2D eigenvalue weighted by molar-refractivity contribution is -0.111. The van der Waals surface area contributed by atoms with Crippen LogP contribution >= 0.6 is 0 Å². The number of rotatable bonds is 5. The predicted molar refractivity (Wildman–Crippen MR) is 113 cm³/mol. The maximum atomic E-state index is 13.9. The van der Waals surface area contributed by atoms with Gasteiger partial charge in [0.1, 0.15) is 11.6 Å². The van der Waals surface area contributed by atoms with Crippen LogP contribution in [0.2, 0.25) is 0 Å². The molecule has 0 bridgehead atoms. The number of nitrogens with one attached hydrogen (secondary N) is 1. The molecule has 30 heavy (non-hydrogen) atoms. The van der Waals surface area contributed by atoms with Crippen molar-refractivity contribution in [3.05, 3.63) is 88.3 Å². The van der Waals surface area contributed by atoms with E-state index in [0.717, 1.165) is 34.3 Å². The van der Waals surface area contributed by atoms with E-state index >= 15 is 0 Å². The molecule has 0 spiro atoms. The van der Waals surface area contributed by atoms with Crippen LogP contribution in [0.5, 0.6) is 0 Å². The molecule has 0 aliphatic heterocycles. The molecule has 2 aromatic carbocycles. The molecule has 3 rings (SSSR count). The third-order valence-electron chi connectivity index (χ3n) is 4.76. The fourth-order valence-corrected chi connectivity index (χ4v) is 3.22. The molecular formula is C23H21F2N3O2. The molecule has 3 aromatic rings. The van der Waals surface area contributed by atoms with Crippen molar-refractivity contribution < 1.29 is 18.4 Å². The molecule has 2 amide bonds. The Balaban J connectivity index is 1.82. The summed E-state index contributed by atoms with van der Waals surface area (Å²) in [7, 11) is 0. The number of carbonyl (C=O) groups excluding carboxylic acids is 2. The number of primary amides is 1. The second kappa shape index (κ2) is 8.32. The predicted octanol–water partition coefficient (Wildman–Crippen LogP) is 4.43. The highest BCUT2D eigenvalue weighted by Gasteiger charge is 2.15. The zero-order valence-corrected chi connectivity index (χ0v) is 16.8. The Hall–Kier alpha value is -3.74. The summed E-state index contributed by atoms with van der Waals surface area (Å²) in [4.78, 5) is 23.5. The van der Waals surface area contributed by atoms with Gasteiger partial charge in [-0.05, 0) is 56.7 Å². The Morgan fingerprint density at radius 1 is 1.00 bits per heavy atom. The molecule has 154 valence electrons. The minimum atomic E-state index is -1.09. The van der Waals surface area contributed by atoms with Crippen LogP contribution in [0, 0.1) is 32.4 Å². The molecule has 1 aromatic heterocycles. The second-order valence-corrected chi connectivity index (χ2v) is 7.00. The summed E-state index contributed by atoms with van der Waals surface area (Å²) in [6, 6.07) is 11.4. The first kappa shape index (κ1) is 21.0. The zero-order valence-electron chi connectivity index (χ0n) is 16.8. The summed E-state index contributed by atoms with van der Waals surface area (Å²) in [5, 5.41) is 2.30. The Morgan fingerprint density at radius 3 is 2.30 bits per heavy atom. The van der Waals surface area contributed by atoms with Crippen molar-refractivity contribution in [2.75, 3.05) is 5.32 Å². The number of nitrogens with zero attached hydrogens (tertiary/aromatic N) is 1. The minimum absolute atomic E-state index is 0.329. The summed E-state index contributed by atoms with van der Waals surface area (Å²) in [5.74, 6) is -3.77. The first-order valence-corrected chi connectivity index (χ1v) is 9.21. The Morgan fingerprint density at radius 2 is 1.67 bits per heavy atom. The maximum absolute atomic E-state index is 13.9. The number of halogens is 2. The van der Waals surface area contributed by atoms with Gasteiger partial charge in [0.25, 0.3) is 5.91 Å². The average molecular weight is 409 g/mol. The number of amides is 2. The van der Waals surface area contributed by atoms with Gasteiger partial charge in [-0.25, -0.2) is 8.78 Å². The molecule has 0 atom stereocenters. The van der Waals surface area contributed by atoms with Crippen LogP contribution in [0.25, 0.3) is 11.8 Å². The van der Waals surface area contributed by atoms with Crippen LogP contribution in [0.3, 0.4) is 0 Å². The van der Waals surface area contributed by atoms with Crippen LogP contribution in [0.15, 0.2) is 48.5 Å². The normalized spacial score (nSPS) is 11.1. The molecule has 0 unspecified atom stereocenters. The van der Waals surface area contributed by atoms with Gasteiger partial charge in [-0.3, -0.25) is 9.59 Å².